The van der Waals surface area contributed by atoms with Crippen LogP contribution in [-0.2, 0) is 6.42 Å². The summed E-state index contributed by atoms with van der Waals surface area (Å²) in [4.78, 5) is 2.31. The third-order valence-corrected chi connectivity index (χ3v) is 3.68. The maximum absolute atomic E-state index is 6.16. The van der Waals surface area contributed by atoms with Gasteiger partial charge in [0.2, 0.25) is 0 Å². The molecule has 0 bridgehead atoms. The average Bonchev–Trinajstić information content (AvgIpc) is 2.38. The van der Waals surface area contributed by atoms with Gasteiger partial charge in [-0.15, -0.1) is 0 Å². The summed E-state index contributed by atoms with van der Waals surface area (Å²) in [6, 6.07) is 6.17. The fraction of sp³-hybridized carbons (Fsp3) is 0.625. The Morgan fingerprint density at radius 3 is 2.90 bits per heavy atom. The van der Waals surface area contributed by atoms with E-state index in [1.54, 1.807) is 7.11 Å². The molecule has 2 N–H and O–H groups in total. The summed E-state index contributed by atoms with van der Waals surface area (Å²) in [5, 5.41) is 0. The number of para-hydroxylation sites is 1. The second-order valence-electron chi connectivity index (χ2n) is 5.77. The van der Waals surface area contributed by atoms with Gasteiger partial charge in [-0.2, -0.15) is 0 Å². The van der Waals surface area contributed by atoms with Gasteiger partial charge in [0.1, 0.15) is 6.10 Å². The van der Waals surface area contributed by atoms with Crippen molar-refractivity contribution < 1.29 is 9.47 Å². The van der Waals surface area contributed by atoms with E-state index in [4.69, 9.17) is 15.2 Å². The molecule has 0 aliphatic carbocycles. The second kappa shape index (κ2) is 6.95. The largest absolute Gasteiger partial charge is 0.493 e. The van der Waals surface area contributed by atoms with E-state index >= 15 is 0 Å². The first-order valence-electron chi connectivity index (χ1n) is 7.36. The topological polar surface area (TPSA) is 47.7 Å². The number of nitrogens with two attached hydrogens (primary N) is 1. The molecule has 1 saturated heterocycles. The summed E-state index contributed by atoms with van der Waals surface area (Å²) < 4.78 is 11.7. The van der Waals surface area contributed by atoms with Crippen molar-refractivity contribution >= 4 is 0 Å². The fourth-order valence-electron chi connectivity index (χ4n) is 2.79. The molecule has 0 aromatic heterocycles. The van der Waals surface area contributed by atoms with E-state index < -0.39 is 0 Å². The van der Waals surface area contributed by atoms with Crippen molar-refractivity contribution in [3.05, 3.63) is 23.8 Å². The first kappa shape index (κ1) is 15.1. The monoisotopic (exact) mass is 278 g/mol. The number of rotatable bonds is 5. The highest BCUT2D eigenvalue weighted by molar-refractivity contribution is 5.47. The molecule has 1 aromatic carbocycles. The van der Waals surface area contributed by atoms with Crippen molar-refractivity contribution in [2.75, 3.05) is 27.2 Å². The van der Waals surface area contributed by atoms with E-state index in [2.05, 4.69) is 18.0 Å². The Labute approximate surface area is 121 Å². The maximum Gasteiger partial charge on any atom is 0.163 e. The Morgan fingerprint density at radius 2 is 2.25 bits per heavy atom. The van der Waals surface area contributed by atoms with E-state index in [0.717, 1.165) is 43.0 Å². The summed E-state index contributed by atoms with van der Waals surface area (Å²) in [7, 11) is 3.83. The molecule has 4 heteroatoms. The molecule has 0 spiro atoms. The minimum atomic E-state index is 0.111. The van der Waals surface area contributed by atoms with Crippen LogP contribution < -0.4 is 15.2 Å². The van der Waals surface area contributed by atoms with Crippen LogP contribution in [0, 0.1) is 0 Å². The molecule has 1 aliphatic heterocycles. The third-order valence-electron chi connectivity index (χ3n) is 3.68. The first-order chi connectivity index (χ1) is 9.60. The van der Waals surface area contributed by atoms with Crippen LogP contribution in [0.3, 0.4) is 0 Å². The highest BCUT2D eigenvalue weighted by atomic mass is 16.5. The van der Waals surface area contributed by atoms with Crippen LogP contribution in [-0.4, -0.2) is 44.3 Å². The summed E-state index contributed by atoms with van der Waals surface area (Å²) in [6.45, 7) is 4.13. The van der Waals surface area contributed by atoms with Crippen molar-refractivity contribution in [2.45, 2.75) is 38.3 Å². The third kappa shape index (κ3) is 3.87. The molecule has 112 valence electrons. The molecule has 2 unspecified atom stereocenters. The Balaban J connectivity index is 2.14. The van der Waals surface area contributed by atoms with Gasteiger partial charge in [0.15, 0.2) is 11.5 Å². The predicted molar refractivity (Wildman–Crippen MR) is 81.5 cm³/mol. The number of methoxy groups -OCH3 is 1. The van der Waals surface area contributed by atoms with Crippen LogP contribution in [0.25, 0.3) is 0 Å². The van der Waals surface area contributed by atoms with Gasteiger partial charge in [-0.25, -0.2) is 0 Å². The van der Waals surface area contributed by atoms with Crippen LogP contribution in [0.15, 0.2) is 18.2 Å². The van der Waals surface area contributed by atoms with Gasteiger partial charge in [-0.05, 0) is 51.4 Å². The summed E-state index contributed by atoms with van der Waals surface area (Å²) in [5.41, 5.74) is 7.01. The van der Waals surface area contributed by atoms with Crippen LogP contribution in [0.1, 0.15) is 25.3 Å². The molecule has 4 nitrogen and oxygen atoms in total. The van der Waals surface area contributed by atoms with Gasteiger partial charge >= 0.3 is 0 Å². The normalized spacial score (nSPS) is 21.5. The summed E-state index contributed by atoms with van der Waals surface area (Å²) in [6.07, 6.45) is 3.33. The summed E-state index contributed by atoms with van der Waals surface area (Å²) >= 11 is 0. The van der Waals surface area contributed by atoms with E-state index in [0.29, 0.717) is 0 Å². The molecule has 0 amide bonds. The molecular weight excluding hydrogens is 252 g/mol. The zero-order chi connectivity index (χ0) is 14.5. The average molecular weight is 278 g/mol. The van der Waals surface area contributed by atoms with Crippen LogP contribution in [0.2, 0.25) is 0 Å². The molecule has 2 atom stereocenters. The number of hydrogen-bond acceptors (Lipinski definition) is 4. The zero-order valence-corrected chi connectivity index (χ0v) is 12.8. The van der Waals surface area contributed by atoms with Crippen molar-refractivity contribution in [2.24, 2.45) is 5.73 Å². The lowest BCUT2D eigenvalue weighted by atomic mass is 10.1. The first-order valence-corrected chi connectivity index (χ1v) is 7.36. The van der Waals surface area contributed by atoms with Crippen LogP contribution >= 0.6 is 0 Å². The summed E-state index contributed by atoms with van der Waals surface area (Å²) in [5.74, 6) is 1.67. The SMILES string of the molecule is COc1c(CC(C)N)cccc1OC1CCCN(C)C1. The van der Waals surface area contributed by atoms with Crippen LogP contribution in [0.5, 0.6) is 11.5 Å². The molecule has 0 radical (unpaired) electrons. The molecule has 0 saturated carbocycles. The Hall–Kier alpha value is -1.26. The van der Waals surface area contributed by atoms with E-state index in [9.17, 15) is 0 Å². The van der Waals surface area contributed by atoms with Crippen molar-refractivity contribution in [3.63, 3.8) is 0 Å². The molecule has 1 fully saturated rings. The quantitative estimate of drug-likeness (QED) is 0.895. The molecule has 1 heterocycles. The number of hydrogen-bond donors (Lipinski definition) is 1. The lowest BCUT2D eigenvalue weighted by Crippen LogP contribution is -2.38. The number of piperidine rings is 1. The smallest absolute Gasteiger partial charge is 0.163 e. The van der Waals surface area contributed by atoms with Gasteiger partial charge in [-0.1, -0.05) is 12.1 Å². The fourth-order valence-corrected chi connectivity index (χ4v) is 2.79. The Morgan fingerprint density at radius 1 is 1.45 bits per heavy atom. The lowest BCUT2D eigenvalue weighted by molar-refractivity contribution is 0.101. The second-order valence-corrected chi connectivity index (χ2v) is 5.77. The Bertz CT molecular complexity index is 434. The van der Waals surface area contributed by atoms with Crippen LogP contribution in [0.4, 0.5) is 0 Å². The van der Waals surface area contributed by atoms with E-state index in [1.807, 2.05) is 19.1 Å². The van der Waals surface area contributed by atoms with Gasteiger partial charge in [0.25, 0.3) is 0 Å². The highest BCUT2D eigenvalue weighted by Gasteiger charge is 2.21. The standard InChI is InChI=1S/C16H26N2O2/c1-12(17)10-13-6-4-8-15(16(13)19-3)20-14-7-5-9-18(2)11-14/h4,6,8,12,14H,5,7,9-11,17H2,1-3H3. The van der Waals surface area contributed by atoms with Gasteiger partial charge < -0.3 is 20.1 Å². The number of likely N-dealkylation sites (tertiary alicyclic amines) is 1. The van der Waals surface area contributed by atoms with Crippen molar-refractivity contribution in [1.82, 2.24) is 4.90 Å². The van der Waals surface area contributed by atoms with Crippen molar-refractivity contribution in [1.29, 1.82) is 0 Å². The molecule has 2 rings (SSSR count). The van der Waals surface area contributed by atoms with Gasteiger partial charge in [0, 0.05) is 12.6 Å². The highest BCUT2D eigenvalue weighted by Crippen LogP contribution is 2.33. The van der Waals surface area contributed by atoms with E-state index in [-0.39, 0.29) is 12.1 Å². The maximum atomic E-state index is 6.16. The van der Waals surface area contributed by atoms with E-state index in [1.165, 1.54) is 6.42 Å². The minimum absolute atomic E-state index is 0.111. The molecular formula is C16H26N2O2. The number of benzene rings is 1. The van der Waals surface area contributed by atoms with Crippen molar-refractivity contribution in [3.8, 4) is 11.5 Å². The molecule has 20 heavy (non-hydrogen) atoms. The molecule has 1 aliphatic rings. The van der Waals surface area contributed by atoms with Gasteiger partial charge in [0.05, 0.1) is 7.11 Å². The van der Waals surface area contributed by atoms with Gasteiger partial charge in [-0.3, -0.25) is 0 Å². The predicted octanol–water partition coefficient (Wildman–Crippen LogP) is 2.06. The minimum Gasteiger partial charge on any atom is -0.493 e. The number of ether oxygens (including phenoxy) is 2. The zero-order valence-electron chi connectivity index (χ0n) is 12.8. The Kier molecular flexibility index (Phi) is 5.26. The number of likely N-dealkylation sites (N-methyl/N-ethyl adjacent to an activating group) is 1. The lowest BCUT2D eigenvalue weighted by Gasteiger charge is -2.30. The number of nitrogens with zero attached hydrogens (tertiary/aromatic N) is 1. The molecule has 1 aromatic rings.